The molecule has 2 atom stereocenters. The van der Waals surface area contributed by atoms with Gasteiger partial charge in [-0.2, -0.15) is 0 Å². The molecule has 3 rings (SSSR count). The van der Waals surface area contributed by atoms with Crippen molar-refractivity contribution in [3.05, 3.63) is 75.8 Å². The van der Waals surface area contributed by atoms with E-state index in [2.05, 4.69) is 0 Å². The number of methoxy groups -OCH3 is 1. The normalized spacial score (nSPS) is 19.9. The number of hydrogen-bond acceptors (Lipinski definition) is 5. The third-order valence-electron chi connectivity index (χ3n) is 4.68. The largest absolute Gasteiger partial charge is 0.351 e. The molecule has 0 N–H and O–H groups in total. The summed E-state index contributed by atoms with van der Waals surface area (Å²) in [6.45, 7) is 0.763. The molecule has 7 nitrogen and oxygen atoms in total. The van der Waals surface area contributed by atoms with Crippen LogP contribution >= 0.6 is 0 Å². The number of anilines is 1. The maximum atomic E-state index is 13.3. The zero-order valence-corrected chi connectivity index (χ0v) is 14.4. The number of fused-ring (bicyclic) bond motifs is 1. The molecule has 134 valence electrons. The van der Waals surface area contributed by atoms with E-state index in [4.69, 9.17) is 4.74 Å². The van der Waals surface area contributed by atoms with Crippen molar-refractivity contribution in [1.29, 1.82) is 0 Å². The summed E-state index contributed by atoms with van der Waals surface area (Å²) in [4.78, 5) is 37.9. The molecule has 0 aliphatic carbocycles. The van der Waals surface area contributed by atoms with Gasteiger partial charge in [0.25, 0.3) is 0 Å². The van der Waals surface area contributed by atoms with Gasteiger partial charge < -0.3 is 4.74 Å². The molecule has 0 radical (unpaired) electrons. The Labute approximate surface area is 150 Å². The Morgan fingerprint density at radius 2 is 1.81 bits per heavy atom. The van der Waals surface area contributed by atoms with Gasteiger partial charge in [-0.3, -0.25) is 24.6 Å². The number of hydrogen-bond donors (Lipinski definition) is 0. The Bertz CT molecular complexity index is 867. The smallest absolute Gasteiger partial charge is 0.226 e. The predicted octanol–water partition coefficient (Wildman–Crippen LogP) is 2.64. The van der Waals surface area contributed by atoms with Crippen LogP contribution in [0, 0.1) is 10.1 Å². The minimum atomic E-state index is -1.80. The van der Waals surface area contributed by atoms with Gasteiger partial charge in [-0.05, 0) is 17.7 Å². The summed E-state index contributed by atoms with van der Waals surface area (Å²) in [5, 5.41) is 11.4. The Hall–Kier alpha value is -3.06. The molecule has 26 heavy (non-hydrogen) atoms. The third kappa shape index (κ3) is 2.57. The van der Waals surface area contributed by atoms with E-state index in [1.807, 2.05) is 0 Å². The lowest BCUT2D eigenvalue weighted by atomic mass is 9.84. The highest BCUT2D eigenvalue weighted by Gasteiger charge is 2.60. The summed E-state index contributed by atoms with van der Waals surface area (Å²) < 4.78 is 5.64. The lowest BCUT2D eigenvalue weighted by Gasteiger charge is -2.39. The van der Waals surface area contributed by atoms with E-state index >= 15 is 0 Å². The van der Waals surface area contributed by atoms with E-state index in [1.54, 1.807) is 54.6 Å². The van der Waals surface area contributed by atoms with Crippen LogP contribution < -0.4 is 4.90 Å². The van der Waals surface area contributed by atoms with Gasteiger partial charge in [0.05, 0.1) is 5.69 Å². The van der Waals surface area contributed by atoms with Crippen LogP contribution in [0.15, 0.2) is 54.6 Å². The van der Waals surface area contributed by atoms with E-state index in [-0.39, 0.29) is 0 Å². The topological polar surface area (TPSA) is 89.8 Å². The molecule has 0 bridgehead atoms. The lowest BCUT2D eigenvalue weighted by molar-refractivity contribution is -0.486. The van der Waals surface area contributed by atoms with Crippen molar-refractivity contribution < 1.29 is 19.2 Å². The van der Waals surface area contributed by atoms with Crippen molar-refractivity contribution in [3.8, 4) is 0 Å². The second-order valence-corrected chi connectivity index (χ2v) is 6.08. The molecule has 0 fully saturated rings. The molecule has 1 aliphatic rings. The Morgan fingerprint density at radius 3 is 2.38 bits per heavy atom. The molecule has 0 aromatic heterocycles. The molecule has 0 saturated heterocycles. The highest BCUT2D eigenvalue weighted by molar-refractivity contribution is 6.19. The van der Waals surface area contributed by atoms with Gasteiger partial charge in [-0.25, -0.2) is 0 Å². The van der Waals surface area contributed by atoms with Crippen LogP contribution in [-0.2, 0) is 9.53 Å². The Balaban J connectivity index is 2.26. The molecule has 1 heterocycles. The van der Waals surface area contributed by atoms with Crippen LogP contribution in [0.1, 0.15) is 28.8 Å². The fraction of sp³-hybridized carbons (Fsp3) is 0.263. The van der Waals surface area contributed by atoms with Crippen LogP contribution in [0.4, 0.5) is 5.69 Å². The quantitative estimate of drug-likeness (QED) is 0.608. The number of nitro groups is 1. The van der Waals surface area contributed by atoms with E-state index in [0.717, 1.165) is 0 Å². The lowest BCUT2D eigenvalue weighted by Crippen LogP contribution is -2.59. The van der Waals surface area contributed by atoms with E-state index in [1.165, 1.54) is 18.9 Å². The Kier molecular flexibility index (Phi) is 4.56. The highest BCUT2D eigenvalue weighted by Crippen LogP contribution is 2.47. The number of carbonyl (C=O) groups excluding carboxylic acids is 2. The zero-order valence-electron chi connectivity index (χ0n) is 14.4. The van der Waals surface area contributed by atoms with Crippen molar-refractivity contribution in [3.63, 3.8) is 0 Å². The van der Waals surface area contributed by atoms with Gasteiger partial charge in [-0.1, -0.05) is 42.5 Å². The van der Waals surface area contributed by atoms with Crippen LogP contribution in [0.2, 0.25) is 0 Å². The SMILES string of the molecule is CO[C@]1([C@H](C[N+](=O)[O-])c2ccccc2)C(=O)c2ccccc2N1C(C)=O. The first-order valence-electron chi connectivity index (χ1n) is 8.10. The first kappa shape index (κ1) is 17.8. The molecule has 0 saturated carbocycles. The summed E-state index contributed by atoms with van der Waals surface area (Å²) in [7, 11) is 1.30. The second-order valence-electron chi connectivity index (χ2n) is 6.08. The molecule has 1 amide bonds. The van der Waals surface area contributed by atoms with E-state index in [9.17, 15) is 19.7 Å². The number of amides is 1. The minimum absolute atomic E-state index is 0.314. The number of benzene rings is 2. The van der Waals surface area contributed by atoms with Crippen molar-refractivity contribution >= 4 is 17.4 Å². The number of rotatable bonds is 5. The summed E-state index contributed by atoms with van der Waals surface area (Å²) in [5.74, 6) is -1.84. The van der Waals surface area contributed by atoms with Crippen molar-refractivity contribution in [1.82, 2.24) is 0 Å². The summed E-state index contributed by atoms with van der Waals surface area (Å²) in [6, 6.07) is 15.3. The standard InChI is InChI=1S/C19H18N2O5/c1-13(22)21-17-11-7-6-10-15(17)18(23)19(21,26-2)16(12-20(24)25)14-8-4-3-5-9-14/h3-11,16H,12H2,1-2H3/t16-,19-/m1/s1. The number of nitrogens with zero attached hydrogens (tertiary/aromatic N) is 2. The first-order valence-corrected chi connectivity index (χ1v) is 8.10. The molecular formula is C19H18N2O5. The van der Waals surface area contributed by atoms with Crippen LogP contribution in [0.5, 0.6) is 0 Å². The molecule has 2 aromatic rings. The maximum Gasteiger partial charge on any atom is 0.226 e. The minimum Gasteiger partial charge on any atom is -0.351 e. The molecule has 1 aliphatic heterocycles. The summed E-state index contributed by atoms with van der Waals surface area (Å²) >= 11 is 0. The molecule has 0 spiro atoms. The monoisotopic (exact) mass is 354 g/mol. The number of ketones is 1. The van der Waals surface area contributed by atoms with Crippen LogP contribution in [0.25, 0.3) is 0 Å². The number of Topliss-reactive ketones (excluding diaryl/α,β-unsaturated/α-hetero) is 1. The Morgan fingerprint density at radius 1 is 1.19 bits per heavy atom. The van der Waals surface area contributed by atoms with Crippen LogP contribution in [-0.4, -0.2) is 36.0 Å². The number of ether oxygens (including phenoxy) is 1. The fourth-order valence-corrected chi connectivity index (χ4v) is 3.67. The highest BCUT2D eigenvalue weighted by atomic mass is 16.6. The van der Waals surface area contributed by atoms with Gasteiger partial charge in [0, 0.05) is 24.5 Å². The predicted molar refractivity (Wildman–Crippen MR) is 94.7 cm³/mol. The first-order chi connectivity index (χ1) is 12.4. The van der Waals surface area contributed by atoms with Gasteiger partial charge in [0.2, 0.25) is 24.0 Å². The van der Waals surface area contributed by atoms with E-state index < -0.39 is 34.8 Å². The molecular weight excluding hydrogens is 336 g/mol. The number of carbonyl (C=O) groups is 2. The van der Waals surface area contributed by atoms with Gasteiger partial charge in [0.1, 0.15) is 5.92 Å². The average Bonchev–Trinajstić information content (AvgIpc) is 2.90. The van der Waals surface area contributed by atoms with Crippen molar-refractivity contribution in [2.24, 2.45) is 0 Å². The van der Waals surface area contributed by atoms with Crippen LogP contribution in [0.3, 0.4) is 0 Å². The van der Waals surface area contributed by atoms with Gasteiger partial charge >= 0.3 is 0 Å². The summed E-state index contributed by atoms with van der Waals surface area (Å²) in [5.41, 5.74) is -0.535. The number of para-hydroxylation sites is 1. The van der Waals surface area contributed by atoms with Crippen molar-refractivity contribution in [2.45, 2.75) is 18.6 Å². The molecule has 2 aromatic carbocycles. The van der Waals surface area contributed by atoms with Gasteiger partial charge in [-0.15, -0.1) is 0 Å². The van der Waals surface area contributed by atoms with Gasteiger partial charge in [0.15, 0.2) is 0 Å². The van der Waals surface area contributed by atoms with E-state index in [0.29, 0.717) is 16.8 Å². The van der Waals surface area contributed by atoms with Crippen molar-refractivity contribution in [2.75, 3.05) is 18.6 Å². The average molecular weight is 354 g/mol. The molecule has 7 heteroatoms. The maximum absolute atomic E-state index is 13.3. The second kappa shape index (κ2) is 6.68. The molecule has 0 unspecified atom stereocenters. The fourth-order valence-electron chi connectivity index (χ4n) is 3.67. The third-order valence-corrected chi connectivity index (χ3v) is 4.68. The zero-order chi connectivity index (χ0) is 18.9. The summed E-state index contributed by atoms with van der Waals surface area (Å²) in [6.07, 6.45) is 0.